The van der Waals surface area contributed by atoms with E-state index in [-0.39, 0.29) is 0 Å². The first-order chi connectivity index (χ1) is 7.34. The van der Waals surface area contributed by atoms with Crippen molar-refractivity contribution in [3.8, 4) is 5.75 Å². The number of hydrogen-bond donors (Lipinski definition) is 0. The van der Waals surface area contributed by atoms with Crippen molar-refractivity contribution in [1.29, 1.82) is 0 Å². The molecule has 0 radical (unpaired) electrons. The average Bonchev–Trinajstić information content (AvgIpc) is 2.74. The van der Waals surface area contributed by atoms with Gasteiger partial charge < -0.3 is 4.74 Å². The molecule has 0 bridgehead atoms. The molecule has 1 aliphatic heterocycles. The molecule has 0 N–H and O–H groups in total. The molecule has 0 atom stereocenters. The van der Waals surface area contributed by atoms with Crippen LogP contribution in [0.1, 0.15) is 12.8 Å². The normalized spacial score (nSPS) is 16.9. The standard InChI is InChI=1S/C11H15FN2O/c12-11-4-3-10(9-13-11)15-8-7-14-5-1-2-6-14/h3-4,9H,1-2,5-8H2. The van der Waals surface area contributed by atoms with E-state index < -0.39 is 5.95 Å². The fraction of sp³-hybridized carbons (Fsp3) is 0.545. The average molecular weight is 210 g/mol. The minimum Gasteiger partial charge on any atom is -0.491 e. The predicted octanol–water partition coefficient (Wildman–Crippen LogP) is 1.70. The van der Waals surface area contributed by atoms with Gasteiger partial charge in [-0.2, -0.15) is 4.39 Å². The molecule has 0 amide bonds. The van der Waals surface area contributed by atoms with Gasteiger partial charge >= 0.3 is 0 Å². The second kappa shape index (κ2) is 5.07. The highest BCUT2D eigenvalue weighted by molar-refractivity contribution is 5.15. The van der Waals surface area contributed by atoms with Crippen LogP contribution in [0.25, 0.3) is 0 Å². The summed E-state index contributed by atoms with van der Waals surface area (Å²) >= 11 is 0. The van der Waals surface area contributed by atoms with Crippen LogP contribution >= 0.6 is 0 Å². The molecule has 1 fully saturated rings. The van der Waals surface area contributed by atoms with E-state index >= 15 is 0 Å². The summed E-state index contributed by atoms with van der Waals surface area (Å²) in [6.45, 7) is 3.93. The first-order valence-corrected chi connectivity index (χ1v) is 5.31. The summed E-state index contributed by atoms with van der Waals surface area (Å²) in [5.74, 6) is 0.164. The third kappa shape index (κ3) is 3.16. The van der Waals surface area contributed by atoms with Crippen LogP contribution in [0.5, 0.6) is 5.75 Å². The Morgan fingerprint density at radius 1 is 1.33 bits per heavy atom. The molecule has 1 aliphatic rings. The highest BCUT2D eigenvalue weighted by Gasteiger charge is 2.10. The maximum Gasteiger partial charge on any atom is 0.213 e. The van der Waals surface area contributed by atoms with E-state index in [1.54, 1.807) is 6.07 Å². The second-order valence-electron chi connectivity index (χ2n) is 3.71. The van der Waals surface area contributed by atoms with Crippen LogP contribution in [0.3, 0.4) is 0 Å². The van der Waals surface area contributed by atoms with E-state index in [2.05, 4.69) is 9.88 Å². The Hall–Kier alpha value is -1.16. The van der Waals surface area contributed by atoms with Crippen LogP contribution in [-0.4, -0.2) is 36.1 Å². The second-order valence-corrected chi connectivity index (χ2v) is 3.71. The van der Waals surface area contributed by atoms with Gasteiger partial charge in [0.15, 0.2) is 0 Å². The molecule has 82 valence electrons. The van der Waals surface area contributed by atoms with Gasteiger partial charge in [-0.15, -0.1) is 0 Å². The van der Waals surface area contributed by atoms with Gasteiger partial charge in [0, 0.05) is 6.54 Å². The van der Waals surface area contributed by atoms with Crippen molar-refractivity contribution < 1.29 is 9.13 Å². The molecule has 1 saturated heterocycles. The van der Waals surface area contributed by atoms with Gasteiger partial charge in [-0.3, -0.25) is 4.90 Å². The van der Waals surface area contributed by atoms with E-state index in [1.165, 1.54) is 38.2 Å². The van der Waals surface area contributed by atoms with Crippen molar-refractivity contribution in [2.24, 2.45) is 0 Å². The van der Waals surface area contributed by atoms with Crippen LogP contribution in [-0.2, 0) is 0 Å². The lowest BCUT2D eigenvalue weighted by molar-refractivity contribution is 0.237. The van der Waals surface area contributed by atoms with Crippen LogP contribution in [0.2, 0.25) is 0 Å². The van der Waals surface area contributed by atoms with E-state index in [1.807, 2.05) is 0 Å². The fourth-order valence-electron chi connectivity index (χ4n) is 1.75. The molecular formula is C11H15FN2O. The molecular weight excluding hydrogens is 195 g/mol. The van der Waals surface area contributed by atoms with Gasteiger partial charge in [0.25, 0.3) is 0 Å². The summed E-state index contributed by atoms with van der Waals surface area (Å²) in [7, 11) is 0. The zero-order chi connectivity index (χ0) is 10.5. The highest BCUT2D eigenvalue weighted by Crippen LogP contribution is 2.10. The number of nitrogens with zero attached hydrogens (tertiary/aromatic N) is 2. The Balaban J connectivity index is 1.71. The number of pyridine rings is 1. The minimum atomic E-state index is -0.470. The smallest absolute Gasteiger partial charge is 0.213 e. The SMILES string of the molecule is Fc1ccc(OCCN2CCCC2)cn1. The van der Waals surface area contributed by atoms with E-state index in [0.717, 1.165) is 6.54 Å². The summed E-state index contributed by atoms with van der Waals surface area (Å²) < 4.78 is 17.9. The summed E-state index contributed by atoms with van der Waals surface area (Å²) in [4.78, 5) is 5.90. The monoisotopic (exact) mass is 210 g/mol. The van der Waals surface area contributed by atoms with Crippen molar-refractivity contribution in [1.82, 2.24) is 9.88 Å². The number of ether oxygens (including phenoxy) is 1. The Morgan fingerprint density at radius 2 is 2.13 bits per heavy atom. The largest absolute Gasteiger partial charge is 0.491 e. The molecule has 0 saturated carbocycles. The third-order valence-electron chi connectivity index (χ3n) is 2.58. The van der Waals surface area contributed by atoms with Gasteiger partial charge in [-0.25, -0.2) is 4.98 Å². The number of aromatic nitrogens is 1. The maximum atomic E-state index is 12.5. The molecule has 0 aromatic carbocycles. The van der Waals surface area contributed by atoms with Crippen molar-refractivity contribution >= 4 is 0 Å². The minimum absolute atomic E-state index is 0.470. The molecule has 2 heterocycles. The lowest BCUT2D eigenvalue weighted by Crippen LogP contribution is -2.25. The van der Waals surface area contributed by atoms with E-state index in [0.29, 0.717) is 12.4 Å². The van der Waals surface area contributed by atoms with Crippen molar-refractivity contribution in [3.63, 3.8) is 0 Å². The summed E-state index contributed by atoms with van der Waals surface area (Å²) in [6, 6.07) is 2.91. The maximum absolute atomic E-state index is 12.5. The number of halogens is 1. The molecule has 4 heteroatoms. The van der Waals surface area contributed by atoms with E-state index in [4.69, 9.17) is 4.74 Å². The van der Waals surface area contributed by atoms with Gasteiger partial charge in [0.1, 0.15) is 12.4 Å². The molecule has 3 nitrogen and oxygen atoms in total. The first kappa shape index (κ1) is 10.4. The van der Waals surface area contributed by atoms with Gasteiger partial charge in [0.2, 0.25) is 5.95 Å². The molecule has 0 unspecified atom stereocenters. The summed E-state index contributed by atoms with van der Waals surface area (Å²) in [6.07, 6.45) is 4.00. The number of hydrogen-bond acceptors (Lipinski definition) is 3. The Bertz CT molecular complexity index is 296. The Kier molecular flexibility index (Phi) is 3.50. The zero-order valence-corrected chi connectivity index (χ0v) is 8.66. The van der Waals surface area contributed by atoms with Crippen molar-refractivity contribution in [3.05, 3.63) is 24.3 Å². The molecule has 1 aromatic rings. The van der Waals surface area contributed by atoms with Crippen LogP contribution < -0.4 is 4.74 Å². The molecule has 2 rings (SSSR count). The molecule has 0 aliphatic carbocycles. The molecule has 0 spiro atoms. The molecule has 1 aromatic heterocycles. The Morgan fingerprint density at radius 3 is 2.80 bits per heavy atom. The van der Waals surface area contributed by atoms with Crippen molar-refractivity contribution in [2.45, 2.75) is 12.8 Å². The van der Waals surface area contributed by atoms with Gasteiger partial charge in [-0.05, 0) is 38.1 Å². The summed E-state index contributed by atoms with van der Waals surface area (Å²) in [5.41, 5.74) is 0. The van der Waals surface area contributed by atoms with Crippen molar-refractivity contribution in [2.75, 3.05) is 26.2 Å². The quantitative estimate of drug-likeness (QED) is 0.707. The van der Waals surface area contributed by atoms with E-state index in [9.17, 15) is 4.39 Å². The Labute approximate surface area is 88.9 Å². The topological polar surface area (TPSA) is 25.4 Å². The fourth-order valence-corrected chi connectivity index (χ4v) is 1.75. The van der Waals surface area contributed by atoms with Gasteiger partial charge in [0.05, 0.1) is 6.20 Å². The highest BCUT2D eigenvalue weighted by atomic mass is 19.1. The van der Waals surface area contributed by atoms with Crippen LogP contribution in [0.4, 0.5) is 4.39 Å². The number of rotatable bonds is 4. The zero-order valence-electron chi connectivity index (χ0n) is 8.66. The van der Waals surface area contributed by atoms with Crippen LogP contribution in [0.15, 0.2) is 18.3 Å². The number of likely N-dealkylation sites (tertiary alicyclic amines) is 1. The lowest BCUT2D eigenvalue weighted by atomic mass is 10.4. The summed E-state index contributed by atoms with van der Waals surface area (Å²) in [5, 5.41) is 0. The first-order valence-electron chi connectivity index (χ1n) is 5.31. The predicted molar refractivity (Wildman–Crippen MR) is 55.4 cm³/mol. The van der Waals surface area contributed by atoms with Gasteiger partial charge in [-0.1, -0.05) is 0 Å². The lowest BCUT2D eigenvalue weighted by Gasteiger charge is -2.14. The molecule has 15 heavy (non-hydrogen) atoms. The third-order valence-corrected chi connectivity index (χ3v) is 2.58. The van der Waals surface area contributed by atoms with Crippen LogP contribution in [0, 0.1) is 5.95 Å².